The number of aryl methyl sites for hydroxylation is 6. The van der Waals surface area contributed by atoms with Crippen molar-refractivity contribution < 1.29 is 182 Å². The smallest absolute Gasteiger partial charge is 0.744 e. The fourth-order valence-electron chi connectivity index (χ4n) is 13.4. The molecule has 0 atom stereocenters. The van der Waals surface area contributed by atoms with Gasteiger partial charge < -0.3 is 59.1 Å². The molecule has 0 heterocycles. The first-order valence-corrected chi connectivity index (χ1v) is 51.4. The van der Waals surface area contributed by atoms with E-state index in [1.165, 1.54) is 97.1 Å². The van der Waals surface area contributed by atoms with Crippen LogP contribution < -0.4 is 133 Å². The number of hydrogen-bond donors (Lipinski definition) is 9. The topological polar surface area (TPSA) is 583 Å². The van der Waals surface area contributed by atoms with Crippen molar-refractivity contribution in [2.45, 2.75) is 70.9 Å². The van der Waals surface area contributed by atoms with Gasteiger partial charge in [0.25, 0.3) is 0 Å². The second-order valence-electron chi connectivity index (χ2n) is 30.8. The summed E-state index contributed by atoms with van der Waals surface area (Å²) in [5.74, 6) is -0.0833. The van der Waals surface area contributed by atoms with Crippen LogP contribution in [0.15, 0.2) is 364 Å². The van der Waals surface area contributed by atoms with Crippen LogP contribution in [-0.2, 0) is 60.4 Å². The molecule has 15 aromatic rings. The summed E-state index contributed by atoms with van der Waals surface area (Å²) in [5.41, 5.74) is 11.8. The van der Waals surface area contributed by atoms with Crippen LogP contribution in [0.5, 0.6) is 34.5 Å². The van der Waals surface area contributed by atoms with Gasteiger partial charge in [0, 0.05) is 71.4 Å². The van der Waals surface area contributed by atoms with E-state index in [9.17, 15) is 79.5 Å². The zero-order valence-electron chi connectivity index (χ0n) is 83.0. The summed E-state index contributed by atoms with van der Waals surface area (Å²) in [6.07, 6.45) is 0. The fourth-order valence-corrected chi connectivity index (χ4v) is 17.5. The molecule has 15 aromatic carbocycles. The van der Waals surface area contributed by atoms with Gasteiger partial charge in [-0.05, 0) is 331 Å². The van der Waals surface area contributed by atoms with Gasteiger partial charge in [0.15, 0.2) is 17.2 Å². The van der Waals surface area contributed by atoms with E-state index in [1.807, 2.05) is 133 Å². The second kappa shape index (κ2) is 54.8. The zero-order valence-corrected chi connectivity index (χ0v) is 93.9. The first-order valence-electron chi connectivity index (χ1n) is 42.8. The molecule has 0 aliphatic heterocycles. The Bertz CT molecular complexity index is 7400. The van der Waals surface area contributed by atoms with Crippen molar-refractivity contribution in [3.63, 3.8) is 0 Å². The van der Waals surface area contributed by atoms with Crippen LogP contribution in [-0.4, -0.2) is 143 Å². The Kier molecular flexibility index (Phi) is 45.3. The number of sulfonamides is 3. The molecule has 0 radical (unpaired) electrons. The third-order valence-electron chi connectivity index (χ3n) is 21.2. The van der Waals surface area contributed by atoms with E-state index in [0.717, 1.165) is 50.4 Å². The number of phenolic OH excluding ortho intramolecular Hbond substituents is 3. The minimum atomic E-state index is -4.97. The molecule has 0 aliphatic rings. The predicted octanol–water partition coefficient (Wildman–Crippen LogP) is 13.6. The third-order valence-corrected chi connectivity index (χ3v) is 28.0. The standard InChI is InChI=1S/3C25H23N3O5S.3C8H11N3O2S.3Na/c3*1-15-11-21(22(33-3)12-16(15)2)27-28-24-23(34(30,31)32)14-17-13-19(9-10-20(17)25(24)29)26-18-7-5-4-6-8-18;3*1-9-11-7-3-5-8(6-4-7)14(12,13)10-2;;;/h3*4-14,26,29H,1-3H3,(H,30,31,32);3*3-6,10H,1-2H3;;;/q;;;;;;3*+1/p-3. The summed E-state index contributed by atoms with van der Waals surface area (Å²) in [6.45, 7) is 11.4. The van der Waals surface area contributed by atoms with Crippen molar-refractivity contribution in [2.24, 2.45) is 61.4 Å². The van der Waals surface area contributed by atoms with Gasteiger partial charge in [-0.1, -0.05) is 54.6 Å². The Hall–Kier alpha value is -12.7. The summed E-state index contributed by atoms with van der Waals surface area (Å²) < 4.78 is 199. The predicted molar refractivity (Wildman–Crippen MR) is 549 cm³/mol. The van der Waals surface area contributed by atoms with Gasteiger partial charge in [0.1, 0.15) is 81.7 Å². The monoisotopic (exact) mass is 2140 g/mol. The Morgan fingerprint density at radius 1 is 0.265 bits per heavy atom. The molecule has 0 unspecified atom stereocenters. The number of nitrogens with one attached hydrogen (secondary N) is 6. The van der Waals surface area contributed by atoms with Gasteiger partial charge in [0.2, 0.25) is 30.1 Å². The maximum absolute atomic E-state index is 12.1. The molecule has 48 heteroatoms. The molecule has 0 saturated heterocycles. The Labute approximate surface area is 918 Å². The van der Waals surface area contributed by atoms with Crippen molar-refractivity contribution in [1.29, 1.82) is 0 Å². The average Bonchev–Trinajstić information content (AvgIpc) is 0.769. The summed E-state index contributed by atoms with van der Waals surface area (Å²) in [6, 6.07) is 75.7. The number of para-hydroxylation sites is 3. The normalized spacial score (nSPS) is 11.6. The summed E-state index contributed by atoms with van der Waals surface area (Å²) in [7, 11) is -11.8. The van der Waals surface area contributed by atoms with E-state index >= 15 is 0 Å². The molecule has 147 heavy (non-hydrogen) atoms. The number of rotatable bonds is 27. The fraction of sp³-hybridized carbons (Fsp3) is 0.152. The van der Waals surface area contributed by atoms with Crippen molar-refractivity contribution in [1.82, 2.24) is 14.2 Å². The van der Waals surface area contributed by atoms with Crippen LogP contribution in [0.4, 0.5) is 85.3 Å². The maximum Gasteiger partial charge on any atom is 1.00 e. The van der Waals surface area contributed by atoms with Crippen LogP contribution >= 0.6 is 0 Å². The van der Waals surface area contributed by atoms with E-state index < -0.39 is 109 Å². The molecule has 15 rings (SSSR count). The van der Waals surface area contributed by atoms with E-state index in [4.69, 9.17) is 14.2 Å². The van der Waals surface area contributed by atoms with E-state index in [-0.39, 0.29) is 103 Å². The van der Waals surface area contributed by atoms with Crippen LogP contribution in [0, 0.1) is 41.5 Å². The second-order valence-corrected chi connectivity index (χ2v) is 40.5. The largest absolute Gasteiger partial charge is 1.00 e. The van der Waals surface area contributed by atoms with Crippen LogP contribution in [0.3, 0.4) is 0 Å². The molecule has 0 saturated carbocycles. The Morgan fingerprint density at radius 3 is 0.680 bits per heavy atom. The van der Waals surface area contributed by atoms with Gasteiger partial charge in [-0.15, -0.1) is 30.7 Å². The van der Waals surface area contributed by atoms with Crippen LogP contribution in [0.1, 0.15) is 33.4 Å². The van der Waals surface area contributed by atoms with Gasteiger partial charge >= 0.3 is 88.7 Å². The average molecular weight is 2140 g/mol. The number of fused-ring (bicyclic) bond motifs is 3. The van der Waals surface area contributed by atoms with Crippen LogP contribution in [0.2, 0.25) is 0 Å². The van der Waals surface area contributed by atoms with Crippen molar-refractivity contribution in [2.75, 3.05) is 79.6 Å². The number of ether oxygens (including phenoxy) is 3. The van der Waals surface area contributed by atoms with Gasteiger partial charge in [-0.3, -0.25) is 0 Å². The van der Waals surface area contributed by atoms with E-state index in [0.29, 0.717) is 101 Å². The molecule has 0 amide bonds. The molecule has 750 valence electrons. The summed E-state index contributed by atoms with van der Waals surface area (Å²) >= 11 is 0. The Balaban J connectivity index is 0.000000248. The van der Waals surface area contributed by atoms with Gasteiger partial charge in [-0.2, -0.15) is 30.7 Å². The zero-order chi connectivity index (χ0) is 105. The number of hydrogen-bond acceptors (Lipinski definition) is 36. The number of anilines is 6. The molecule has 0 spiro atoms. The number of benzene rings is 15. The van der Waals surface area contributed by atoms with E-state index in [2.05, 4.69) is 91.5 Å². The van der Waals surface area contributed by atoms with Gasteiger partial charge in [0.05, 0.1) is 67.8 Å². The molecule has 9 N–H and O–H groups in total. The molecular formula is C99H99N18Na3O21S6. The molecular weight excluding hydrogens is 2040 g/mol. The first kappa shape index (κ1) is 121. The summed E-state index contributed by atoms with van der Waals surface area (Å²) in [5, 5.41) is 90.4. The van der Waals surface area contributed by atoms with Crippen molar-refractivity contribution in [3.05, 3.63) is 306 Å². The number of phenols is 3. The quantitative estimate of drug-likeness (QED) is 0.0131. The molecule has 0 fully saturated rings. The van der Waals surface area contributed by atoms with E-state index in [1.54, 1.807) is 149 Å². The minimum absolute atomic E-state index is 0. The third kappa shape index (κ3) is 33.2. The van der Waals surface area contributed by atoms with Gasteiger partial charge in [-0.25, -0.2) is 64.7 Å². The van der Waals surface area contributed by atoms with Crippen molar-refractivity contribution >= 4 is 178 Å². The molecule has 0 aromatic heterocycles. The number of aromatic hydroxyl groups is 3. The molecule has 0 aliphatic carbocycles. The number of nitrogens with zero attached hydrogens (tertiary/aromatic N) is 12. The van der Waals surface area contributed by atoms with Crippen LogP contribution in [0.25, 0.3) is 32.3 Å². The number of azo groups is 6. The Morgan fingerprint density at radius 2 is 0.483 bits per heavy atom. The number of methoxy groups -OCH3 is 3. The first-order chi connectivity index (χ1) is 68.3. The maximum atomic E-state index is 12.1. The minimum Gasteiger partial charge on any atom is -0.744 e. The molecule has 39 nitrogen and oxygen atoms in total. The molecule has 0 bridgehead atoms. The summed E-state index contributed by atoms with van der Waals surface area (Å²) in [4.78, 5) is -1.34. The van der Waals surface area contributed by atoms with Crippen molar-refractivity contribution in [3.8, 4) is 34.5 Å². The SMILES string of the molecule is CN=Nc1ccc(S(=O)(=O)NC)cc1.CN=Nc1ccc(S(=O)(=O)NC)cc1.CN=Nc1ccc(S(=O)(=O)NC)cc1.COc1cc(C)c(C)cc1N=Nc1c(S(=O)(=O)[O-])cc2cc(Nc3ccccc3)ccc2c1O.COc1cc(C)c(C)cc1N=Nc1c(S(=O)(=O)[O-])cc2cc(Nc3ccccc3)ccc2c1O.COc1cc(C)c(C)cc1N=Nc1c(S(=O)(=O)[O-])cc2cc(Nc3ccccc3)ccc2c1O.[Na+].[Na+].[Na+].